The van der Waals surface area contributed by atoms with Crippen LogP contribution in [0.3, 0.4) is 0 Å². The van der Waals surface area contributed by atoms with Crippen molar-refractivity contribution in [2.45, 2.75) is 47.0 Å². The first-order chi connectivity index (χ1) is 23.2. The number of ether oxygens (including phenoxy) is 3. The normalized spacial score (nSPS) is 11.5. The standard InChI is InChI=1S/C41H38N4O3.Pt/c1-7-46-37-20-27(3)21-38(47-8-2)40(37)28-25-43-44(26-28)30-12-11-13-31(23-30)48-32-16-17-34-33-14-9-10-15-35(33)45(36(34)24-32)39-22-29(18-19-42-39)41(4,5)6;/h9-22,25-26H,7-8H2,1-6H3;/q-2;+2. The predicted molar refractivity (Wildman–Crippen MR) is 191 cm³/mol. The Labute approximate surface area is 301 Å². The van der Waals surface area contributed by atoms with Crippen LogP contribution in [0.2, 0.25) is 0 Å². The molecule has 4 aromatic carbocycles. The maximum absolute atomic E-state index is 6.39. The number of nitrogens with zero attached hydrogens (tertiary/aromatic N) is 4. The Kier molecular flexibility index (Phi) is 9.67. The van der Waals surface area contributed by atoms with Gasteiger partial charge in [-0.25, -0.2) is 4.98 Å². The summed E-state index contributed by atoms with van der Waals surface area (Å²) < 4.78 is 22.4. The maximum Gasteiger partial charge on any atom is 2.00 e. The Hall–Kier alpha value is -4.87. The molecule has 0 saturated carbocycles. The number of aryl methyl sites for hydroxylation is 1. The van der Waals surface area contributed by atoms with E-state index in [-0.39, 0.29) is 26.5 Å². The van der Waals surface area contributed by atoms with E-state index in [1.807, 2.05) is 75.8 Å². The van der Waals surface area contributed by atoms with Gasteiger partial charge >= 0.3 is 21.1 Å². The van der Waals surface area contributed by atoms with Crippen molar-refractivity contribution in [3.63, 3.8) is 0 Å². The smallest absolute Gasteiger partial charge is 0.509 e. The van der Waals surface area contributed by atoms with Crippen LogP contribution in [-0.2, 0) is 26.5 Å². The van der Waals surface area contributed by atoms with E-state index in [2.05, 4.69) is 85.0 Å². The average Bonchev–Trinajstić information content (AvgIpc) is 3.68. The molecule has 0 aliphatic carbocycles. The Bertz CT molecular complexity index is 2240. The van der Waals surface area contributed by atoms with Crippen molar-refractivity contribution in [3.05, 3.63) is 121 Å². The fourth-order valence-electron chi connectivity index (χ4n) is 6.05. The van der Waals surface area contributed by atoms with E-state index in [9.17, 15) is 0 Å². The van der Waals surface area contributed by atoms with Crippen LogP contribution in [0, 0.1) is 19.1 Å². The summed E-state index contributed by atoms with van der Waals surface area (Å²) in [6, 6.07) is 33.4. The number of benzene rings is 4. The van der Waals surface area contributed by atoms with Crippen molar-refractivity contribution in [1.29, 1.82) is 0 Å². The number of fused-ring (bicyclic) bond motifs is 3. The molecule has 7 rings (SSSR count). The molecule has 3 aromatic heterocycles. The molecule has 0 bridgehead atoms. The van der Waals surface area contributed by atoms with Crippen molar-refractivity contribution in [1.82, 2.24) is 19.3 Å². The molecule has 7 nitrogen and oxygen atoms in total. The zero-order chi connectivity index (χ0) is 33.4. The van der Waals surface area contributed by atoms with Crippen LogP contribution >= 0.6 is 0 Å². The molecule has 49 heavy (non-hydrogen) atoms. The van der Waals surface area contributed by atoms with Gasteiger partial charge in [0.05, 0.1) is 25.0 Å². The molecule has 250 valence electrons. The topological polar surface area (TPSA) is 63.3 Å². The fraction of sp³-hybridized carbons (Fsp3) is 0.220. The molecule has 3 heterocycles. The molecule has 0 aliphatic rings. The third-order valence-electron chi connectivity index (χ3n) is 8.30. The second-order valence-corrected chi connectivity index (χ2v) is 12.8. The average molecular weight is 830 g/mol. The summed E-state index contributed by atoms with van der Waals surface area (Å²) >= 11 is 0. The summed E-state index contributed by atoms with van der Waals surface area (Å²) in [6.07, 6.45) is 5.66. The Morgan fingerprint density at radius 1 is 0.796 bits per heavy atom. The van der Waals surface area contributed by atoms with Gasteiger partial charge in [-0.1, -0.05) is 44.5 Å². The molecule has 0 amide bonds. The van der Waals surface area contributed by atoms with Crippen molar-refractivity contribution in [3.8, 4) is 45.6 Å². The summed E-state index contributed by atoms with van der Waals surface area (Å²) in [7, 11) is 0. The van der Waals surface area contributed by atoms with Gasteiger partial charge in [-0.3, -0.25) is 4.68 Å². The van der Waals surface area contributed by atoms with Crippen molar-refractivity contribution < 1.29 is 35.3 Å². The van der Waals surface area contributed by atoms with Gasteiger partial charge in [-0.2, -0.15) is 17.2 Å². The second-order valence-electron chi connectivity index (χ2n) is 12.8. The molecule has 0 radical (unpaired) electrons. The SMILES string of the molecule is CCOc1cc(C)cc(OCC)c1-c1cnn(-c2[c-]c(Oc3[c-]c4c(cc3)c3ccccc3n4-c3cc(C(C)(C)C)ccn3)ccc2)c1.[Pt+2]. The summed E-state index contributed by atoms with van der Waals surface area (Å²) in [4.78, 5) is 4.78. The molecular weight excluding hydrogens is 792 g/mol. The third kappa shape index (κ3) is 6.73. The number of para-hydroxylation sites is 1. The first-order valence-corrected chi connectivity index (χ1v) is 16.3. The van der Waals surface area contributed by atoms with Gasteiger partial charge in [-0.15, -0.1) is 35.7 Å². The molecule has 0 aliphatic heterocycles. The van der Waals surface area contributed by atoms with Crippen LogP contribution in [0.15, 0.2) is 97.5 Å². The van der Waals surface area contributed by atoms with Gasteiger partial charge in [0.15, 0.2) is 0 Å². The Morgan fingerprint density at radius 3 is 2.27 bits per heavy atom. The molecular formula is C41H38N4O3Pt. The Morgan fingerprint density at radius 2 is 1.53 bits per heavy atom. The molecule has 0 unspecified atom stereocenters. The molecule has 8 heteroatoms. The summed E-state index contributed by atoms with van der Waals surface area (Å²) in [6.45, 7) is 13.7. The van der Waals surface area contributed by atoms with Gasteiger partial charge < -0.3 is 18.8 Å². The zero-order valence-electron chi connectivity index (χ0n) is 28.5. The van der Waals surface area contributed by atoms with Crippen LogP contribution in [0.25, 0.3) is 44.4 Å². The van der Waals surface area contributed by atoms with E-state index in [4.69, 9.17) is 19.2 Å². The molecule has 0 saturated heterocycles. The summed E-state index contributed by atoms with van der Waals surface area (Å²) in [5, 5.41) is 6.89. The van der Waals surface area contributed by atoms with Crippen LogP contribution in [0.5, 0.6) is 23.0 Å². The van der Waals surface area contributed by atoms with Crippen LogP contribution < -0.4 is 14.2 Å². The first kappa shape index (κ1) is 34.0. The van der Waals surface area contributed by atoms with E-state index in [0.717, 1.165) is 61.5 Å². The van der Waals surface area contributed by atoms with E-state index in [1.54, 1.807) is 4.68 Å². The van der Waals surface area contributed by atoms with Crippen molar-refractivity contribution in [2.24, 2.45) is 0 Å². The Balaban J connectivity index is 0.00000417. The van der Waals surface area contributed by atoms with Gasteiger partial charge in [0.1, 0.15) is 17.3 Å². The minimum atomic E-state index is -0.0120. The molecule has 0 N–H and O–H groups in total. The number of hydrogen-bond donors (Lipinski definition) is 0. The number of rotatable bonds is 9. The zero-order valence-corrected chi connectivity index (χ0v) is 30.8. The number of pyridine rings is 1. The summed E-state index contributed by atoms with van der Waals surface area (Å²) in [5.74, 6) is 3.51. The van der Waals surface area contributed by atoms with Gasteiger partial charge in [0.2, 0.25) is 0 Å². The molecule has 0 spiro atoms. The van der Waals surface area contributed by atoms with Crippen LogP contribution in [-0.4, -0.2) is 32.5 Å². The summed E-state index contributed by atoms with van der Waals surface area (Å²) in [5.41, 5.74) is 6.73. The monoisotopic (exact) mass is 829 g/mol. The predicted octanol–water partition coefficient (Wildman–Crippen LogP) is 9.82. The quantitative estimate of drug-likeness (QED) is 0.136. The van der Waals surface area contributed by atoms with Crippen molar-refractivity contribution >= 4 is 21.8 Å². The van der Waals surface area contributed by atoms with Gasteiger partial charge in [-0.05, 0) is 78.7 Å². The van der Waals surface area contributed by atoms with Crippen LogP contribution in [0.4, 0.5) is 0 Å². The number of hydrogen-bond acceptors (Lipinski definition) is 5. The maximum atomic E-state index is 6.39. The first-order valence-electron chi connectivity index (χ1n) is 16.3. The van der Waals surface area contributed by atoms with Crippen LogP contribution in [0.1, 0.15) is 45.7 Å². The van der Waals surface area contributed by atoms with Gasteiger partial charge in [0, 0.05) is 35.0 Å². The molecule has 0 atom stereocenters. The third-order valence-corrected chi connectivity index (χ3v) is 8.30. The minimum Gasteiger partial charge on any atom is -0.509 e. The van der Waals surface area contributed by atoms with E-state index in [1.165, 1.54) is 5.56 Å². The largest absolute Gasteiger partial charge is 2.00 e. The van der Waals surface area contributed by atoms with E-state index >= 15 is 0 Å². The van der Waals surface area contributed by atoms with E-state index < -0.39 is 0 Å². The molecule has 0 fully saturated rings. The van der Waals surface area contributed by atoms with E-state index in [0.29, 0.717) is 24.7 Å². The van der Waals surface area contributed by atoms with Crippen molar-refractivity contribution in [2.75, 3.05) is 13.2 Å². The second kappa shape index (κ2) is 13.9. The molecule has 7 aromatic rings. The number of aromatic nitrogens is 4. The minimum absolute atomic E-state index is 0. The fourth-order valence-corrected chi connectivity index (χ4v) is 6.05. The van der Waals surface area contributed by atoms with Gasteiger partial charge in [0.25, 0.3) is 0 Å².